The molecule has 0 aliphatic carbocycles. The van der Waals surface area contributed by atoms with E-state index in [1.807, 2.05) is 0 Å². The van der Waals surface area contributed by atoms with Crippen LogP contribution in [0, 0.1) is 0 Å². The minimum Gasteiger partial charge on any atom is -0.341 e. The van der Waals surface area contributed by atoms with E-state index in [1.54, 1.807) is 0 Å². The number of hydrogen-bond acceptors (Lipinski definition) is 3. The van der Waals surface area contributed by atoms with Gasteiger partial charge in [-0.15, -0.1) is 0 Å². The van der Waals surface area contributed by atoms with Crippen molar-refractivity contribution in [2.24, 2.45) is 0 Å². The van der Waals surface area contributed by atoms with Gasteiger partial charge in [0.25, 0.3) is 0 Å². The van der Waals surface area contributed by atoms with Crippen LogP contribution in [0.3, 0.4) is 0 Å². The molecular weight excluding hydrogens is 218 g/mol. The first-order chi connectivity index (χ1) is 8.24. The molecule has 0 saturated carbocycles. The van der Waals surface area contributed by atoms with Crippen molar-refractivity contribution in [3.63, 3.8) is 0 Å². The molecule has 0 spiro atoms. The molecule has 5 nitrogen and oxygen atoms in total. The molecule has 2 aliphatic heterocycles. The van der Waals surface area contributed by atoms with Gasteiger partial charge >= 0.3 is 0 Å². The van der Waals surface area contributed by atoms with E-state index in [4.69, 9.17) is 0 Å². The van der Waals surface area contributed by atoms with Crippen molar-refractivity contribution < 1.29 is 9.59 Å². The monoisotopic (exact) mass is 239 g/mol. The van der Waals surface area contributed by atoms with E-state index < -0.39 is 0 Å². The minimum atomic E-state index is 0.00778. The third-order valence-electron chi connectivity index (χ3n) is 3.37. The van der Waals surface area contributed by atoms with Crippen molar-refractivity contribution in [1.29, 1.82) is 0 Å². The first-order valence-electron chi connectivity index (χ1n) is 6.59. The smallest absolute Gasteiger partial charge is 0.221 e. The van der Waals surface area contributed by atoms with Gasteiger partial charge in [-0.2, -0.15) is 0 Å². The summed E-state index contributed by atoms with van der Waals surface area (Å²) in [6, 6.07) is 0. The maximum Gasteiger partial charge on any atom is 0.221 e. The fraction of sp³-hybridized carbons (Fsp3) is 0.833. The molecule has 2 unspecified atom stereocenters. The van der Waals surface area contributed by atoms with Gasteiger partial charge in [0.1, 0.15) is 0 Å². The fourth-order valence-electron chi connectivity index (χ4n) is 2.44. The van der Waals surface area contributed by atoms with Crippen LogP contribution in [0.2, 0.25) is 0 Å². The molecule has 3 N–H and O–H groups in total. The molecule has 0 radical (unpaired) electrons. The predicted molar refractivity (Wildman–Crippen MR) is 63.9 cm³/mol. The zero-order valence-electron chi connectivity index (χ0n) is 10.1. The topological polar surface area (TPSA) is 70.2 Å². The lowest BCUT2D eigenvalue weighted by atomic mass is 10.2. The maximum atomic E-state index is 11.4. The van der Waals surface area contributed by atoms with E-state index >= 15 is 0 Å². The Morgan fingerprint density at radius 3 is 1.76 bits per heavy atom. The van der Waals surface area contributed by atoms with Crippen molar-refractivity contribution in [2.75, 3.05) is 0 Å². The van der Waals surface area contributed by atoms with E-state index in [9.17, 15) is 9.59 Å². The van der Waals surface area contributed by atoms with Gasteiger partial charge in [-0.05, 0) is 38.5 Å². The number of nitrogens with one attached hydrogen (secondary N) is 3. The van der Waals surface area contributed by atoms with Crippen LogP contribution in [0.25, 0.3) is 0 Å². The molecule has 0 aromatic carbocycles. The quantitative estimate of drug-likeness (QED) is 0.661. The van der Waals surface area contributed by atoms with Gasteiger partial charge in [-0.3, -0.25) is 14.9 Å². The summed E-state index contributed by atoms with van der Waals surface area (Å²) in [6.45, 7) is 0. The molecular formula is C12H21N3O2. The highest BCUT2D eigenvalue weighted by atomic mass is 16.2. The third-order valence-corrected chi connectivity index (χ3v) is 3.37. The molecule has 0 bridgehead atoms. The zero-order chi connectivity index (χ0) is 12.1. The first kappa shape index (κ1) is 12.4. The van der Waals surface area contributed by atoms with Crippen LogP contribution in [0.4, 0.5) is 0 Å². The highest BCUT2D eigenvalue weighted by Gasteiger charge is 2.22. The Bertz CT molecular complexity index is 265. The lowest BCUT2D eigenvalue weighted by molar-refractivity contribution is -0.121. The Labute approximate surface area is 102 Å². The minimum absolute atomic E-state index is 0.00778. The second kappa shape index (κ2) is 6.00. The van der Waals surface area contributed by atoms with Gasteiger partial charge in [0, 0.05) is 12.8 Å². The van der Waals surface area contributed by atoms with Gasteiger partial charge in [-0.1, -0.05) is 0 Å². The van der Waals surface area contributed by atoms with Crippen LogP contribution < -0.4 is 16.0 Å². The number of carbonyl (C=O) groups is 2. The molecule has 0 aromatic rings. The summed E-state index contributed by atoms with van der Waals surface area (Å²) < 4.78 is 0. The Balaban J connectivity index is 1.85. The summed E-state index contributed by atoms with van der Waals surface area (Å²) in [5, 5.41) is 9.25. The summed E-state index contributed by atoms with van der Waals surface area (Å²) in [4.78, 5) is 22.9. The van der Waals surface area contributed by atoms with E-state index in [2.05, 4.69) is 16.0 Å². The van der Waals surface area contributed by atoms with Gasteiger partial charge in [0.2, 0.25) is 11.8 Å². The first-order valence-corrected chi connectivity index (χ1v) is 6.59. The molecule has 2 saturated heterocycles. The second-order valence-corrected chi connectivity index (χ2v) is 4.90. The molecule has 0 aromatic heterocycles. The number of rotatable bonds is 2. The summed E-state index contributed by atoms with van der Waals surface area (Å²) in [5.41, 5.74) is 0. The Kier molecular flexibility index (Phi) is 4.36. The van der Waals surface area contributed by atoms with Crippen molar-refractivity contribution in [3.05, 3.63) is 0 Å². The third kappa shape index (κ3) is 4.00. The standard InChI is InChI=1S/C12H21N3O2/c16-11-7-3-1-5-9(14-11)13-10-6-2-4-8-12(17)15-10/h9-10,13H,1-8H2,(H,14,16)(H,15,17). The molecule has 2 heterocycles. The number of hydrogen-bond donors (Lipinski definition) is 3. The van der Waals surface area contributed by atoms with Crippen molar-refractivity contribution in [3.8, 4) is 0 Å². The maximum absolute atomic E-state index is 11.4. The van der Waals surface area contributed by atoms with Crippen molar-refractivity contribution >= 4 is 11.8 Å². The Hall–Kier alpha value is -1.10. The molecule has 2 atom stereocenters. The fourth-order valence-corrected chi connectivity index (χ4v) is 2.44. The van der Waals surface area contributed by atoms with Gasteiger partial charge in [0.15, 0.2) is 0 Å². The number of amides is 2. The lowest BCUT2D eigenvalue weighted by Crippen LogP contribution is -2.54. The molecule has 5 heteroatoms. The second-order valence-electron chi connectivity index (χ2n) is 4.90. The average Bonchev–Trinajstić information content (AvgIpc) is 2.59. The summed E-state index contributed by atoms with van der Waals surface area (Å²) in [6.07, 6.45) is 7.17. The largest absolute Gasteiger partial charge is 0.341 e. The van der Waals surface area contributed by atoms with E-state index in [-0.39, 0.29) is 24.1 Å². The van der Waals surface area contributed by atoms with Crippen molar-refractivity contribution in [1.82, 2.24) is 16.0 Å². The summed E-state index contributed by atoms with van der Waals surface area (Å²) in [5.74, 6) is 0.222. The molecule has 2 aliphatic rings. The van der Waals surface area contributed by atoms with Gasteiger partial charge in [0.05, 0.1) is 12.3 Å². The molecule has 2 rings (SSSR count). The van der Waals surface area contributed by atoms with Crippen LogP contribution in [0.15, 0.2) is 0 Å². The Morgan fingerprint density at radius 2 is 1.29 bits per heavy atom. The van der Waals surface area contributed by atoms with Gasteiger partial charge in [-0.25, -0.2) is 0 Å². The number of carbonyl (C=O) groups excluding carboxylic acids is 2. The average molecular weight is 239 g/mol. The van der Waals surface area contributed by atoms with Crippen molar-refractivity contribution in [2.45, 2.75) is 63.7 Å². The van der Waals surface area contributed by atoms with E-state index in [0.29, 0.717) is 12.8 Å². The van der Waals surface area contributed by atoms with E-state index in [0.717, 1.165) is 38.5 Å². The Morgan fingerprint density at radius 1 is 0.824 bits per heavy atom. The van der Waals surface area contributed by atoms with Gasteiger partial charge < -0.3 is 10.6 Å². The zero-order valence-corrected chi connectivity index (χ0v) is 10.1. The van der Waals surface area contributed by atoms with Crippen LogP contribution in [-0.4, -0.2) is 24.1 Å². The summed E-state index contributed by atoms with van der Waals surface area (Å²) >= 11 is 0. The summed E-state index contributed by atoms with van der Waals surface area (Å²) in [7, 11) is 0. The van der Waals surface area contributed by atoms with Crippen LogP contribution in [-0.2, 0) is 9.59 Å². The molecule has 17 heavy (non-hydrogen) atoms. The van der Waals surface area contributed by atoms with Crippen LogP contribution >= 0.6 is 0 Å². The van der Waals surface area contributed by atoms with Crippen LogP contribution in [0.1, 0.15) is 51.4 Å². The normalized spacial score (nSPS) is 31.1. The highest BCUT2D eigenvalue weighted by molar-refractivity contribution is 5.77. The lowest BCUT2D eigenvalue weighted by Gasteiger charge is -2.25. The molecule has 2 fully saturated rings. The SMILES string of the molecule is O=C1CCCCC(NC2CCCCC(=O)N2)N1. The van der Waals surface area contributed by atoms with E-state index in [1.165, 1.54) is 0 Å². The molecule has 2 amide bonds. The highest BCUT2D eigenvalue weighted by Crippen LogP contribution is 2.11. The predicted octanol–water partition coefficient (Wildman–Crippen LogP) is 0.609. The molecule has 96 valence electrons. The van der Waals surface area contributed by atoms with Crippen LogP contribution in [0.5, 0.6) is 0 Å².